The standard InChI is InChI=1S/C18H20FN3O2/c1-20-18(24)21-17(23)16(14-8-4-3-5-9-14)22(2)12-13-7-6-10-15(19)11-13/h3-11,16H,12H2,1-2H3,(H2,20,21,23,24)/t16-/m0/s1. The molecule has 0 heterocycles. The van der Waals surface area contributed by atoms with Crippen molar-refractivity contribution in [3.05, 3.63) is 71.5 Å². The molecule has 0 aliphatic heterocycles. The third-order valence-corrected chi connectivity index (χ3v) is 3.59. The third kappa shape index (κ3) is 4.63. The van der Waals surface area contributed by atoms with E-state index in [-0.39, 0.29) is 5.82 Å². The fraction of sp³-hybridized carbons (Fsp3) is 0.222. The molecule has 2 aromatic rings. The van der Waals surface area contributed by atoms with Crippen molar-refractivity contribution in [1.29, 1.82) is 0 Å². The summed E-state index contributed by atoms with van der Waals surface area (Å²) in [4.78, 5) is 25.8. The van der Waals surface area contributed by atoms with Crippen LogP contribution in [0.2, 0.25) is 0 Å². The summed E-state index contributed by atoms with van der Waals surface area (Å²) in [5, 5.41) is 4.66. The van der Waals surface area contributed by atoms with Crippen LogP contribution in [0.4, 0.5) is 9.18 Å². The van der Waals surface area contributed by atoms with Crippen molar-refractivity contribution >= 4 is 11.9 Å². The Morgan fingerprint density at radius 3 is 2.46 bits per heavy atom. The molecule has 3 amide bonds. The van der Waals surface area contributed by atoms with E-state index in [9.17, 15) is 14.0 Å². The summed E-state index contributed by atoms with van der Waals surface area (Å²) in [7, 11) is 3.20. The van der Waals surface area contributed by atoms with Crippen LogP contribution in [0.3, 0.4) is 0 Å². The predicted molar refractivity (Wildman–Crippen MR) is 89.6 cm³/mol. The van der Waals surface area contributed by atoms with Crippen molar-refractivity contribution in [1.82, 2.24) is 15.5 Å². The fourth-order valence-corrected chi connectivity index (χ4v) is 2.50. The number of carbonyl (C=O) groups is 2. The van der Waals surface area contributed by atoms with Crippen molar-refractivity contribution in [2.75, 3.05) is 14.1 Å². The summed E-state index contributed by atoms with van der Waals surface area (Å²) >= 11 is 0. The van der Waals surface area contributed by atoms with E-state index in [2.05, 4.69) is 10.6 Å². The minimum Gasteiger partial charge on any atom is -0.341 e. The van der Waals surface area contributed by atoms with E-state index in [1.54, 1.807) is 24.1 Å². The van der Waals surface area contributed by atoms with Crippen LogP contribution >= 0.6 is 0 Å². The number of nitrogens with zero attached hydrogens (tertiary/aromatic N) is 1. The van der Waals surface area contributed by atoms with Crippen LogP contribution in [0.25, 0.3) is 0 Å². The first-order chi connectivity index (χ1) is 11.5. The molecular formula is C18H20FN3O2. The Morgan fingerprint density at radius 2 is 1.83 bits per heavy atom. The first kappa shape index (κ1) is 17.6. The second kappa shape index (κ2) is 8.21. The minimum absolute atomic E-state index is 0.327. The van der Waals surface area contributed by atoms with Gasteiger partial charge in [0.1, 0.15) is 11.9 Å². The molecule has 6 heteroatoms. The Labute approximate surface area is 140 Å². The number of rotatable bonds is 5. The van der Waals surface area contributed by atoms with Gasteiger partial charge in [-0.25, -0.2) is 9.18 Å². The summed E-state index contributed by atoms with van der Waals surface area (Å²) in [6.07, 6.45) is 0. The van der Waals surface area contributed by atoms with Gasteiger partial charge in [-0.2, -0.15) is 0 Å². The van der Waals surface area contributed by atoms with E-state index >= 15 is 0 Å². The molecule has 0 saturated heterocycles. The number of nitrogens with one attached hydrogen (secondary N) is 2. The monoisotopic (exact) mass is 329 g/mol. The van der Waals surface area contributed by atoms with Crippen LogP contribution in [0.1, 0.15) is 17.2 Å². The van der Waals surface area contributed by atoms with Crippen LogP contribution in [-0.4, -0.2) is 30.9 Å². The zero-order chi connectivity index (χ0) is 17.5. The summed E-state index contributed by atoms with van der Waals surface area (Å²) in [6, 6.07) is 14.1. The highest BCUT2D eigenvalue weighted by Crippen LogP contribution is 2.22. The topological polar surface area (TPSA) is 61.4 Å². The van der Waals surface area contributed by atoms with Crippen molar-refractivity contribution in [3.8, 4) is 0 Å². The van der Waals surface area contributed by atoms with E-state index in [1.807, 2.05) is 30.3 Å². The second-order valence-corrected chi connectivity index (χ2v) is 5.43. The quantitative estimate of drug-likeness (QED) is 0.886. The maximum Gasteiger partial charge on any atom is 0.321 e. The molecule has 0 spiro atoms. The Balaban J connectivity index is 2.24. The van der Waals surface area contributed by atoms with Gasteiger partial charge in [-0.3, -0.25) is 15.0 Å². The fourth-order valence-electron chi connectivity index (χ4n) is 2.50. The zero-order valence-corrected chi connectivity index (χ0v) is 13.6. The Morgan fingerprint density at radius 1 is 1.12 bits per heavy atom. The van der Waals surface area contributed by atoms with Crippen LogP contribution in [0.15, 0.2) is 54.6 Å². The van der Waals surface area contributed by atoms with Crippen LogP contribution in [0.5, 0.6) is 0 Å². The lowest BCUT2D eigenvalue weighted by molar-refractivity contribution is -0.125. The lowest BCUT2D eigenvalue weighted by Crippen LogP contribution is -2.44. The summed E-state index contributed by atoms with van der Waals surface area (Å²) in [6.45, 7) is 0.360. The number of likely N-dealkylation sites (N-methyl/N-ethyl adjacent to an activating group) is 1. The summed E-state index contributed by atoms with van der Waals surface area (Å²) in [5.74, 6) is -0.772. The van der Waals surface area contributed by atoms with Gasteiger partial charge in [-0.1, -0.05) is 42.5 Å². The highest BCUT2D eigenvalue weighted by atomic mass is 19.1. The number of carbonyl (C=O) groups excluding carboxylic acids is 2. The number of urea groups is 1. The molecule has 5 nitrogen and oxygen atoms in total. The molecule has 0 unspecified atom stereocenters. The van der Waals surface area contributed by atoms with Gasteiger partial charge in [-0.15, -0.1) is 0 Å². The smallest absolute Gasteiger partial charge is 0.321 e. The highest BCUT2D eigenvalue weighted by molar-refractivity contribution is 5.97. The van der Waals surface area contributed by atoms with E-state index in [0.29, 0.717) is 6.54 Å². The van der Waals surface area contributed by atoms with Crippen molar-refractivity contribution in [2.45, 2.75) is 12.6 Å². The molecule has 126 valence electrons. The van der Waals surface area contributed by atoms with Gasteiger partial charge in [0.05, 0.1) is 0 Å². The molecule has 1 atom stereocenters. The van der Waals surface area contributed by atoms with Gasteiger partial charge in [0.2, 0.25) is 5.91 Å². The highest BCUT2D eigenvalue weighted by Gasteiger charge is 2.26. The van der Waals surface area contributed by atoms with Gasteiger partial charge < -0.3 is 5.32 Å². The number of hydrogen-bond acceptors (Lipinski definition) is 3. The third-order valence-electron chi connectivity index (χ3n) is 3.59. The number of halogens is 1. The molecule has 24 heavy (non-hydrogen) atoms. The van der Waals surface area contributed by atoms with Crippen LogP contribution in [0, 0.1) is 5.82 Å². The molecule has 0 radical (unpaired) electrons. The maximum atomic E-state index is 13.4. The molecule has 0 aliphatic carbocycles. The zero-order valence-electron chi connectivity index (χ0n) is 13.6. The normalized spacial score (nSPS) is 11.8. The molecule has 2 aromatic carbocycles. The second-order valence-electron chi connectivity index (χ2n) is 5.43. The van der Waals surface area contributed by atoms with Gasteiger partial charge in [-0.05, 0) is 30.3 Å². The lowest BCUT2D eigenvalue weighted by atomic mass is 10.0. The summed E-state index contributed by atoms with van der Waals surface area (Å²) in [5.41, 5.74) is 1.49. The number of amides is 3. The van der Waals surface area contributed by atoms with E-state index in [1.165, 1.54) is 19.2 Å². The first-order valence-electron chi connectivity index (χ1n) is 7.53. The molecule has 2 rings (SSSR count). The number of hydrogen-bond donors (Lipinski definition) is 2. The van der Waals surface area contributed by atoms with E-state index < -0.39 is 18.0 Å². The Bertz CT molecular complexity index is 706. The molecule has 2 N–H and O–H groups in total. The largest absolute Gasteiger partial charge is 0.341 e. The Kier molecular flexibility index (Phi) is 6.03. The molecule has 0 bridgehead atoms. The summed E-state index contributed by atoms with van der Waals surface area (Å²) < 4.78 is 13.4. The average Bonchev–Trinajstić information content (AvgIpc) is 2.55. The van der Waals surface area contributed by atoms with Crippen molar-refractivity contribution in [2.24, 2.45) is 0 Å². The van der Waals surface area contributed by atoms with Gasteiger partial charge >= 0.3 is 6.03 Å². The predicted octanol–water partition coefficient (Wildman–Crippen LogP) is 2.45. The molecule has 0 saturated carbocycles. The molecule has 0 aromatic heterocycles. The SMILES string of the molecule is CNC(=O)NC(=O)[C@H](c1ccccc1)N(C)Cc1cccc(F)c1. The average molecular weight is 329 g/mol. The van der Waals surface area contributed by atoms with Crippen LogP contribution < -0.4 is 10.6 Å². The molecule has 0 aliphatic rings. The van der Waals surface area contributed by atoms with E-state index in [4.69, 9.17) is 0 Å². The van der Waals surface area contributed by atoms with Crippen LogP contribution in [-0.2, 0) is 11.3 Å². The minimum atomic E-state index is -0.674. The van der Waals surface area contributed by atoms with Crippen molar-refractivity contribution < 1.29 is 14.0 Å². The Hall–Kier alpha value is -2.73. The molecular weight excluding hydrogens is 309 g/mol. The van der Waals surface area contributed by atoms with Gasteiger partial charge in [0.25, 0.3) is 0 Å². The van der Waals surface area contributed by atoms with Gasteiger partial charge in [0, 0.05) is 13.6 Å². The van der Waals surface area contributed by atoms with Crippen molar-refractivity contribution in [3.63, 3.8) is 0 Å². The van der Waals surface area contributed by atoms with Gasteiger partial charge in [0.15, 0.2) is 0 Å². The lowest BCUT2D eigenvalue weighted by Gasteiger charge is -2.27. The molecule has 0 fully saturated rings. The number of imide groups is 1. The first-order valence-corrected chi connectivity index (χ1v) is 7.53. The van der Waals surface area contributed by atoms with E-state index in [0.717, 1.165) is 11.1 Å². The maximum absolute atomic E-state index is 13.4. The number of benzene rings is 2.